The molecule has 0 bridgehead atoms. The SMILES string of the molecule is O=C(O)c1ccc(Cl)c(S(=O)(=O)N([C@@H]2CCS(=O)(=O)C2)[C@@H]2CCS(=O)(=O)C2)c1. The lowest BCUT2D eigenvalue weighted by molar-refractivity contribution is 0.0696. The van der Waals surface area contributed by atoms with E-state index in [4.69, 9.17) is 16.7 Å². The average molecular weight is 472 g/mol. The predicted octanol–water partition coefficient (Wildman–Crippen LogP) is 0.403. The van der Waals surface area contributed by atoms with Gasteiger partial charge in [0.15, 0.2) is 19.7 Å². The highest BCUT2D eigenvalue weighted by molar-refractivity contribution is 7.92. The normalized spacial score (nSPS) is 26.5. The van der Waals surface area contributed by atoms with Crippen LogP contribution in [0, 0.1) is 0 Å². The van der Waals surface area contributed by atoms with Crippen molar-refractivity contribution in [2.45, 2.75) is 29.8 Å². The zero-order valence-corrected chi connectivity index (χ0v) is 17.7. The molecule has 2 heterocycles. The number of hydrogen-bond donors (Lipinski definition) is 1. The topological polar surface area (TPSA) is 143 Å². The molecule has 2 aliphatic rings. The van der Waals surface area contributed by atoms with Crippen molar-refractivity contribution >= 4 is 47.3 Å². The Bertz CT molecular complexity index is 1080. The molecule has 2 saturated heterocycles. The first kappa shape index (κ1) is 21.5. The molecule has 1 aromatic rings. The highest BCUT2D eigenvalue weighted by Crippen LogP contribution is 2.34. The molecule has 2 fully saturated rings. The van der Waals surface area contributed by atoms with E-state index in [1.807, 2.05) is 0 Å². The number of hydrogen-bond acceptors (Lipinski definition) is 7. The Morgan fingerprint density at radius 1 is 1.04 bits per heavy atom. The van der Waals surface area contributed by atoms with Crippen LogP contribution in [-0.4, -0.2) is 75.7 Å². The first-order chi connectivity index (χ1) is 12.8. The van der Waals surface area contributed by atoms with Crippen LogP contribution in [0.2, 0.25) is 5.02 Å². The van der Waals surface area contributed by atoms with E-state index in [1.54, 1.807) is 0 Å². The molecule has 0 aromatic heterocycles. The van der Waals surface area contributed by atoms with Crippen LogP contribution in [0.4, 0.5) is 0 Å². The maximum atomic E-state index is 13.4. The number of benzene rings is 1. The minimum absolute atomic E-state index is 0.0361. The summed E-state index contributed by atoms with van der Waals surface area (Å²) in [6.45, 7) is 0. The van der Waals surface area contributed by atoms with E-state index in [2.05, 4.69) is 0 Å². The minimum Gasteiger partial charge on any atom is -0.478 e. The summed E-state index contributed by atoms with van der Waals surface area (Å²) < 4.78 is 75.4. The van der Waals surface area contributed by atoms with Gasteiger partial charge in [-0.15, -0.1) is 0 Å². The van der Waals surface area contributed by atoms with Crippen LogP contribution in [0.3, 0.4) is 0 Å². The summed E-state index contributed by atoms with van der Waals surface area (Å²) >= 11 is 6.02. The fraction of sp³-hybridized carbons (Fsp3) is 0.533. The number of halogens is 1. The van der Waals surface area contributed by atoms with Crippen LogP contribution in [0.5, 0.6) is 0 Å². The predicted molar refractivity (Wildman–Crippen MR) is 102 cm³/mol. The van der Waals surface area contributed by atoms with Crippen molar-refractivity contribution in [1.82, 2.24) is 4.31 Å². The Labute approximate surface area is 168 Å². The molecule has 2 aliphatic heterocycles. The van der Waals surface area contributed by atoms with Gasteiger partial charge in [-0.2, -0.15) is 4.31 Å². The summed E-state index contributed by atoms with van der Waals surface area (Å²) in [5.41, 5.74) is -0.305. The third kappa shape index (κ3) is 4.20. The summed E-state index contributed by atoms with van der Waals surface area (Å²) in [5, 5.41) is 8.93. The second kappa shape index (κ2) is 7.24. The van der Waals surface area contributed by atoms with Gasteiger partial charge < -0.3 is 5.11 Å². The maximum Gasteiger partial charge on any atom is 0.335 e. The number of carboxylic acids is 1. The first-order valence-electron chi connectivity index (χ1n) is 8.30. The Morgan fingerprint density at radius 2 is 1.54 bits per heavy atom. The molecule has 28 heavy (non-hydrogen) atoms. The molecule has 0 saturated carbocycles. The van der Waals surface area contributed by atoms with Gasteiger partial charge in [-0.05, 0) is 31.0 Å². The van der Waals surface area contributed by atoms with Gasteiger partial charge in [0, 0.05) is 12.1 Å². The molecule has 1 N–H and O–H groups in total. The van der Waals surface area contributed by atoms with Crippen LogP contribution in [0.15, 0.2) is 23.1 Å². The van der Waals surface area contributed by atoms with Gasteiger partial charge in [-0.1, -0.05) is 11.6 Å². The van der Waals surface area contributed by atoms with Gasteiger partial charge in [-0.3, -0.25) is 0 Å². The summed E-state index contributed by atoms with van der Waals surface area (Å²) in [6, 6.07) is 1.32. The number of carboxylic acid groups (broad SMARTS) is 1. The van der Waals surface area contributed by atoms with Crippen molar-refractivity contribution in [1.29, 1.82) is 0 Å². The number of carbonyl (C=O) groups is 1. The molecule has 0 amide bonds. The maximum absolute atomic E-state index is 13.4. The molecular weight excluding hydrogens is 454 g/mol. The molecule has 2 atom stereocenters. The van der Waals surface area contributed by atoms with Crippen LogP contribution >= 0.6 is 11.6 Å². The number of rotatable bonds is 5. The monoisotopic (exact) mass is 471 g/mol. The lowest BCUT2D eigenvalue weighted by Crippen LogP contribution is -2.48. The second-order valence-corrected chi connectivity index (χ2v) is 13.6. The smallest absolute Gasteiger partial charge is 0.335 e. The molecule has 0 unspecified atom stereocenters. The summed E-state index contributed by atoms with van der Waals surface area (Å²) in [5.74, 6) is -2.59. The van der Waals surface area contributed by atoms with Crippen molar-refractivity contribution in [3.8, 4) is 0 Å². The molecule has 0 spiro atoms. The van der Waals surface area contributed by atoms with Crippen LogP contribution in [0.1, 0.15) is 23.2 Å². The van der Waals surface area contributed by atoms with E-state index in [-0.39, 0.29) is 34.9 Å². The van der Waals surface area contributed by atoms with E-state index < -0.39 is 64.2 Å². The quantitative estimate of drug-likeness (QED) is 0.650. The van der Waals surface area contributed by atoms with Crippen molar-refractivity contribution in [2.24, 2.45) is 0 Å². The Kier molecular flexibility index (Phi) is 5.56. The van der Waals surface area contributed by atoms with Crippen molar-refractivity contribution in [2.75, 3.05) is 23.0 Å². The largest absolute Gasteiger partial charge is 0.478 e. The van der Waals surface area contributed by atoms with Gasteiger partial charge in [0.05, 0.1) is 33.6 Å². The fourth-order valence-electron chi connectivity index (χ4n) is 3.59. The van der Waals surface area contributed by atoms with Crippen molar-refractivity contribution in [3.05, 3.63) is 28.8 Å². The molecule has 9 nitrogen and oxygen atoms in total. The lowest BCUT2D eigenvalue weighted by atomic mass is 10.2. The molecular formula is C15H18ClNO8S3. The third-order valence-electron chi connectivity index (χ3n) is 4.87. The van der Waals surface area contributed by atoms with E-state index in [1.165, 1.54) is 0 Å². The highest BCUT2D eigenvalue weighted by Gasteiger charge is 2.46. The molecule has 3 rings (SSSR count). The van der Waals surface area contributed by atoms with Crippen LogP contribution in [-0.2, 0) is 29.7 Å². The zero-order chi connectivity index (χ0) is 20.9. The van der Waals surface area contributed by atoms with E-state index in [0.29, 0.717) is 0 Å². The van der Waals surface area contributed by atoms with Gasteiger partial charge in [-0.25, -0.2) is 30.0 Å². The minimum atomic E-state index is -4.45. The van der Waals surface area contributed by atoms with E-state index >= 15 is 0 Å². The molecule has 0 aliphatic carbocycles. The van der Waals surface area contributed by atoms with Crippen molar-refractivity contribution < 1.29 is 35.2 Å². The third-order valence-corrected chi connectivity index (χ3v) is 10.9. The summed E-state index contributed by atoms with van der Waals surface area (Å²) in [7, 11) is -11.4. The first-order valence-corrected chi connectivity index (χ1v) is 13.8. The fourth-order valence-corrected chi connectivity index (χ4v) is 9.57. The van der Waals surface area contributed by atoms with Gasteiger partial charge in [0.2, 0.25) is 10.0 Å². The second-order valence-electron chi connectivity index (χ2n) is 6.90. The lowest BCUT2D eigenvalue weighted by Gasteiger charge is -2.32. The Balaban J connectivity index is 2.12. The number of aromatic carboxylic acids is 1. The van der Waals surface area contributed by atoms with Crippen LogP contribution in [0.25, 0.3) is 0 Å². The molecule has 0 radical (unpaired) electrons. The van der Waals surface area contributed by atoms with Crippen LogP contribution < -0.4 is 0 Å². The van der Waals surface area contributed by atoms with Crippen molar-refractivity contribution in [3.63, 3.8) is 0 Å². The van der Waals surface area contributed by atoms with E-state index in [9.17, 15) is 30.0 Å². The van der Waals surface area contributed by atoms with Gasteiger partial charge in [0.25, 0.3) is 0 Å². The average Bonchev–Trinajstić information content (AvgIpc) is 3.09. The molecule has 1 aromatic carbocycles. The number of sulfonamides is 1. The zero-order valence-electron chi connectivity index (χ0n) is 14.5. The van der Waals surface area contributed by atoms with E-state index in [0.717, 1.165) is 22.5 Å². The molecule has 156 valence electrons. The Hall–Kier alpha value is -1.21. The Morgan fingerprint density at radius 3 is 1.93 bits per heavy atom. The van der Waals surface area contributed by atoms with Gasteiger partial charge in [0.1, 0.15) is 4.90 Å². The highest BCUT2D eigenvalue weighted by atomic mass is 35.5. The number of nitrogens with zero attached hydrogens (tertiary/aromatic N) is 1. The molecule has 13 heteroatoms. The number of sulfone groups is 2. The summed E-state index contributed by atoms with van der Waals surface area (Å²) in [6.07, 6.45) is 0.0721. The standard InChI is InChI=1S/C15H18ClNO8S3/c16-13-2-1-10(15(18)19)7-14(13)28(24,25)17(11-3-5-26(20,21)8-11)12-4-6-27(22,23)9-12/h1-2,7,11-12H,3-6,8-9H2,(H,18,19)/t11-,12-/m1/s1. The summed E-state index contributed by atoms with van der Waals surface area (Å²) in [4.78, 5) is 10.8. The van der Waals surface area contributed by atoms with Gasteiger partial charge >= 0.3 is 5.97 Å².